The van der Waals surface area contributed by atoms with Crippen LogP contribution in [0.25, 0.3) is 11.0 Å². The number of para-hydroxylation sites is 2. The minimum absolute atomic E-state index is 0.0434. The van der Waals surface area contributed by atoms with Crippen molar-refractivity contribution in [2.24, 2.45) is 0 Å². The van der Waals surface area contributed by atoms with Gasteiger partial charge in [0.1, 0.15) is 11.3 Å². The van der Waals surface area contributed by atoms with E-state index in [1.807, 2.05) is 13.0 Å². The Labute approximate surface area is 154 Å². The van der Waals surface area contributed by atoms with Crippen LogP contribution in [0.5, 0.6) is 5.75 Å². The van der Waals surface area contributed by atoms with E-state index in [4.69, 9.17) is 13.9 Å². The third kappa shape index (κ3) is 2.96. The zero-order valence-corrected chi connectivity index (χ0v) is 14.6. The van der Waals surface area contributed by atoms with E-state index in [1.165, 1.54) is 6.07 Å². The van der Waals surface area contributed by atoms with Crippen LogP contribution in [0.1, 0.15) is 30.4 Å². The molecule has 2 aromatic carbocycles. The fourth-order valence-corrected chi connectivity index (χ4v) is 3.57. The second-order valence-electron chi connectivity index (χ2n) is 6.24. The molecular weight excluding hydrogens is 350 g/mol. The standard InChI is InChI=1S/C20H17NO6/c1-2-25-17-11-14(12-7-3-5-9-15(12)21(23)24)18-19(27-17)13-8-4-6-10-16(13)26-20(18)22/h3-10,14,17H,2,11H2,1H3/t14-,17+/m1/s1. The third-order valence-corrected chi connectivity index (χ3v) is 4.69. The van der Waals surface area contributed by atoms with Gasteiger partial charge in [-0.2, -0.15) is 0 Å². The highest BCUT2D eigenvalue weighted by atomic mass is 16.7. The van der Waals surface area contributed by atoms with Gasteiger partial charge in [0.25, 0.3) is 5.69 Å². The van der Waals surface area contributed by atoms with Gasteiger partial charge in [-0.25, -0.2) is 4.79 Å². The lowest BCUT2D eigenvalue weighted by atomic mass is 9.85. The van der Waals surface area contributed by atoms with Gasteiger partial charge >= 0.3 is 5.63 Å². The first kappa shape index (κ1) is 17.2. The smallest absolute Gasteiger partial charge is 0.343 e. The molecule has 2 heterocycles. The van der Waals surface area contributed by atoms with Gasteiger partial charge in [0.15, 0.2) is 0 Å². The Morgan fingerprint density at radius 1 is 1.19 bits per heavy atom. The molecule has 0 N–H and O–H groups in total. The van der Waals surface area contributed by atoms with Crippen molar-refractivity contribution in [1.82, 2.24) is 0 Å². The summed E-state index contributed by atoms with van der Waals surface area (Å²) in [6, 6.07) is 13.5. The molecule has 3 aromatic rings. The Hall–Kier alpha value is -3.19. The maximum Gasteiger partial charge on any atom is 0.343 e. The molecule has 0 saturated carbocycles. The number of hydrogen-bond acceptors (Lipinski definition) is 6. The van der Waals surface area contributed by atoms with Crippen LogP contribution in [-0.2, 0) is 4.74 Å². The number of nitro benzene ring substituents is 1. The second-order valence-corrected chi connectivity index (χ2v) is 6.24. The topological polar surface area (TPSA) is 91.8 Å². The Morgan fingerprint density at radius 3 is 2.70 bits per heavy atom. The molecule has 0 radical (unpaired) electrons. The Bertz CT molecular complexity index is 1070. The molecule has 0 amide bonds. The fourth-order valence-electron chi connectivity index (χ4n) is 3.57. The number of nitro groups is 1. The van der Waals surface area contributed by atoms with Crippen LogP contribution >= 0.6 is 0 Å². The lowest BCUT2D eigenvalue weighted by molar-refractivity contribution is -0.385. The van der Waals surface area contributed by atoms with Gasteiger partial charge in [0.05, 0.1) is 15.9 Å². The average Bonchev–Trinajstić information content (AvgIpc) is 2.67. The average molecular weight is 367 g/mol. The molecule has 2 atom stereocenters. The van der Waals surface area contributed by atoms with E-state index in [-0.39, 0.29) is 12.1 Å². The van der Waals surface area contributed by atoms with E-state index in [9.17, 15) is 14.9 Å². The number of fused-ring (bicyclic) bond motifs is 3. The summed E-state index contributed by atoms with van der Waals surface area (Å²) in [6.07, 6.45) is -0.327. The van der Waals surface area contributed by atoms with Gasteiger partial charge in [0, 0.05) is 30.6 Å². The minimum atomic E-state index is -0.613. The minimum Gasteiger partial charge on any atom is -0.464 e. The van der Waals surface area contributed by atoms with Crippen LogP contribution in [0.2, 0.25) is 0 Å². The summed E-state index contributed by atoms with van der Waals surface area (Å²) < 4.78 is 17.1. The largest absolute Gasteiger partial charge is 0.464 e. The van der Waals surface area contributed by atoms with Crippen molar-refractivity contribution in [1.29, 1.82) is 0 Å². The van der Waals surface area contributed by atoms with Crippen LogP contribution in [0.3, 0.4) is 0 Å². The Morgan fingerprint density at radius 2 is 1.93 bits per heavy atom. The summed E-state index contributed by atoms with van der Waals surface area (Å²) in [6.45, 7) is 2.26. The van der Waals surface area contributed by atoms with Crippen LogP contribution in [-0.4, -0.2) is 17.8 Å². The predicted octanol–water partition coefficient (Wildman–Crippen LogP) is 3.98. The quantitative estimate of drug-likeness (QED) is 0.393. The maximum atomic E-state index is 12.7. The van der Waals surface area contributed by atoms with E-state index in [0.717, 1.165) is 0 Å². The highest BCUT2D eigenvalue weighted by molar-refractivity contribution is 5.85. The first-order valence-electron chi connectivity index (χ1n) is 8.67. The van der Waals surface area contributed by atoms with Crippen LogP contribution in [0.4, 0.5) is 5.69 Å². The van der Waals surface area contributed by atoms with Crippen molar-refractivity contribution in [2.75, 3.05) is 6.61 Å². The molecule has 0 spiro atoms. The molecule has 7 heteroatoms. The molecule has 0 aliphatic carbocycles. The molecule has 1 aliphatic rings. The van der Waals surface area contributed by atoms with Crippen molar-refractivity contribution >= 4 is 16.7 Å². The summed E-state index contributed by atoms with van der Waals surface area (Å²) in [7, 11) is 0. The number of hydrogen-bond donors (Lipinski definition) is 0. The normalized spacial score (nSPS) is 18.7. The van der Waals surface area contributed by atoms with E-state index in [1.54, 1.807) is 36.4 Å². The Balaban J connectivity index is 1.98. The molecule has 0 bridgehead atoms. The lowest BCUT2D eigenvalue weighted by Gasteiger charge is -2.31. The van der Waals surface area contributed by atoms with E-state index in [2.05, 4.69) is 0 Å². The van der Waals surface area contributed by atoms with Crippen LogP contribution < -0.4 is 10.4 Å². The number of ether oxygens (including phenoxy) is 2. The fraction of sp³-hybridized carbons (Fsp3) is 0.250. The monoisotopic (exact) mass is 367 g/mol. The molecule has 4 rings (SSSR count). The van der Waals surface area contributed by atoms with E-state index in [0.29, 0.717) is 34.5 Å². The van der Waals surface area contributed by atoms with Gasteiger partial charge in [-0.15, -0.1) is 0 Å². The summed E-state index contributed by atoms with van der Waals surface area (Å²) in [5.41, 5.74) is 0.540. The SMILES string of the molecule is CCO[C@@H]1C[C@H](c2ccccc2[N+](=O)[O-])c2c(c3ccccc3oc2=O)O1. The summed E-state index contributed by atoms with van der Waals surface area (Å²) in [4.78, 5) is 23.8. The van der Waals surface area contributed by atoms with Gasteiger partial charge < -0.3 is 13.9 Å². The number of nitrogens with zero attached hydrogens (tertiary/aromatic N) is 1. The highest BCUT2D eigenvalue weighted by Crippen LogP contribution is 2.44. The summed E-state index contributed by atoms with van der Waals surface area (Å²) >= 11 is 0. The van der Waals surface area contributed by atoms with Gasteiger partial charge in [-0.3, -0.25) is 10.1 Å². The predicted molar refractivity (Wildman–Crippen MR) is 98.1 cm³/mol. The zero-order chi connectivity index (χ0) is 19.0. The van der Waals surface area contributed by atoms with Crippen molar-refractivity contribution < 1.29 is 18.8 Å². The second kappa shape index (κ2) is 6.85. The van der Waals surface area contributed by atoms with Gasteiger partial charge in [-0.05, 0) is 19.1 Å². The van der Waals surface area contributed by atoms with E-state index >= 15 is 0 Å². The molecule has 0 fully saturated rings. The summed E-state index contributed by atoms with van der Waals surface area (Å²) in [5.74, 6) is -0.192. The molecule has 138 valence electrons. The van der Waals surface area contributed by atoms with Crippen LogP contribution in [0, 0.1) is 10.1 Å². The maximum absolute atomic E-state index is 12.7. The summed E-state index contributed by atoms with van der Waals surface area (Å²) in [5, 5.41) is 12.2. The lowest BCUT2D eigenvalue weighted by Crippen LogP contribution is -2.32. The van der Waals surface area contributed by atoms with E-state index < -0.39 is 22.8 Å². The molecule has 0 unspecified atom stereocenters. The number of rotatable bonds is 4. The Kier molecular flexibility index (Phi) is 4.37. The zero-order valence-electron chi connectivity index (χ0n) is 14.6. The first-order valence-corrected chi connectivity index (χ1v) is 8.67. The highest BCUT2D eigenvalue weighted by Gasteiger charge is 2.37. The van der Waals surface area contributed by atoms with Crippen LogP contribution in [0.15, 0.2) is 57.7 Å². The third-order valence-electron chi connectivity index (χ3n) is 4.69. The van der Waals surface area contributed by atoms with Crippen molar-refractivity contribution in [3.8, 4) is 5.75 Å². The molecule has 7 nitrogen and oxygen atoms in total. The number of benzene rings is 2. The van der Waals surface area contributed by atoms with Crippen molar-refractivity contribution in [3.05, 3.63) is 80.2 Å². The van der Waals surface area contributed by atoms with Gasteiger partial charge in [-0.1, -0.05) is 30.3 Å². The first-order chi connectivity index (χ1) is 13.1. The molecule has 1 aromatic heterocycles. The molecule has 1 aliphatic heterocycles. The van der Waals surface area contributed by atoms with Crippen molar-refractivity contribution in [2.45, 2.75) is 25.6 Å². The molecule has 27 heavy (non-hydrogen) atoms. The molecule has 0 saturated heterocycles. The molecular formula is C20H17NO6. The van der Waals surface area contributed by atoms with Gasteiger partial charge in [0.2, 0.25) is 6.29 Å². The van der Waals surface area contributed by atoms with Crippen molar-refractivity contribution in [3.63, 3.8) is 0 Å².